The van der Waals surface area contributed by atoms with E-state index in [0.717, 1.165) is 22.8 Å². The standard InChI is InChI=1S/C13H14N2OS/c1-2-16-11-5-3-10(4-6-11)12-7-8-14-13(9-17)15-12/h3-8,17H,2,9H2,1H3. The zero-order valence-corrected chi connectivity index (χ0v) is 10.5. The SMILES string of the molecule is CCOc1ccc(-c2ccnc(CS)n2)cc1. The van der Waals surface area contributed by atoms with E-state index in [4.69, 9.17) is 4.74 Å². The molecule has 0 unspecified atom stereocenters. The molecule has 0 atom stereocenters. The third-order valence-corrected chi connectivity index (χ3v) is 2.59. The van der Waals surface area contributed by atoms with Gasteiger partial charge in [0.25, 0.3) is 0 Å². The predicted octanol–water partition coefficient (Wildman–Crippen LogP) is 2.97. The van der Waals surface area contributed by atoms with Gasteiger partial charge in [-0.1, -0.05) is 0 Å². The average Bonchev–Trinajstić information content (AvgIpc) is 2.40. The Balaban J connectivity index is 2.26. The van der Waals surface area contributed by atoms with Crippen LogP contribution < -0.4 is 4.74 Å². The minimum atomic E-state index is 0.546. The third-order valence-electron chi connectivity index (χ3n) is 2.31. The molecule has 1 heterocycles. The first-order valence-electron chi connectivity index (χ1n) is 5.49. The van der Waals surface area contributed by atoms with Crippen molar-refractivity contribution in [2.24, 2.45) is 0 Å². The second-order valence-electron chi connectivity index (χ2n) is 3.47. The van der Waals surface area contributed by atoms with Gasteiger partial charge >= 0.3 is 0 Å². The molecule has 0 fully saturated rings. The Bertz CT molecular complexity index is 485. The Morgan fingerprint density at radius 3 is 2.59 bits per heavy atom. The highest BCUT2D eigenvalue weighted by Crippen LogP contribution is 2.20. The van der Waals surface area contributed by atoms with E-state index in [0.29, 0.717) is 12.4 Å². The Kier molecular flexibility index (Phi) is 3.98. The first-order valence-corrected chi connectivity index (χ1v) is 6.12. The summed E-state index contributed by atoms with van der Waals surface area (Å²) in [7, 11) is 0. The van der Waals surface area contributed by atoms with Crippen LogP contribution in [0.2, 0.25) is 0 Å². The fourth-order valence-electron chi connectivity index (χ4n) is 1.52. The molecule has 0 aliphatic carbocycles. The number of aromatic nitrogens is 2. The van der Waals surface area contributed by atoms with Gasteiger partial charge in [-0.25, -0.2) is 9.97 Å². The largest absolute Gasteiger partial charge is 0.494 e. The summed E-state index contributed by atoms with van der Waals surface area (Å²) in [4.78, 5) is 8.53. The summed E-state index contributed by atoms with van der Waals surface area (Å²) < 4.78 is 5.40. The predicted molar refractivity (Wildman–Crippen MR) is 71.3 cm³/mol. The number of ether oxygens (including phenoxy) is 1. The average molecular weight is 246 g/mol. The molecule has 0 aliphatic rings. The topological polar surface area (TPSA) is 35.0 Å². The first kappa shape index (κ1) is 11.9. The molecule has 0 N–H and O–H groups in total. The molecule has 0 saturated heterocycles. The van der Waals surface area contributed by atoms with Crippen LogP contribution in [0.5, 0.6) is 5.75 Å². The molecule has 0 bridgehead atoms. The third kappa shape index (κ3) is 2.97. The van der Waals surface area contributed by atoms with E-state index >= 15 is 0 Å². The zero-order valence-electron chi connectivity index (χ0n) is 9.63. The molecular formula is C13H14N2OS. The molecule has 0 radical (unpaired) electrons. The Morgan fingerprint density at radius 2 is 1.94 bits per heavy atom. The van der Waals surface area contributed by atoms with Gasteiger partial charge in [0.2, 0.25) is 0 Å². The van der Waals surface area contributed by atoms with E-state index in [9.17, 15) is 0 Å². The summed E-state index contributed by atoms with van der Waals surface area (Å²) in [6, 6.07) is 9.77. The van der Waals surface area contributed by atoms with E-state index in [-0.39, 0.29) is 0 Å². The van der Waals surface area contributed by atoms with Gasteiger partial charge in [-0.15, -0.1) is 0 Å². The lowest BCUT2D eigenvalue weighted by Crippen LogP contribution is -1.94. The van der Waals surface area contributed by atoms with Crippen LogP contribution in [0.25, 0.3) is 11.3 Å². The van der Waals surface area contributed by atoms with Crippen LogP contribution in [0, 0.1) is 0 Å². The molecular weight excluding hydrogens is 232 g/mol. The number of hydrogen-bond donors (Lipinski definition) is 1. The molecule has 88 valence electrons. The van der Waals surface area contributed by atoms with Crippen LogP contribution >= 0.6 is 12.6 Å². The Morgan fingerprint density at radius 1 is 1.18 bits per heavy atom. The van der Waals surface area contributed by atoms with E-state index in [1.54, 1.807) is 6.20 Å². The highest BCUT2D eigenvalue weighted by Gasteiger charge is 2.01. The maximum absolute atomic E-state index is 5.40. The van der Waals surface area contributed by atoms with Gasteiger partial charge in [0.05, 0.1) is 18.1 Å². The van der Waals surface area contributed by atoms with Crippen molar-refractivity contribution in [1.29, 1.82) is 0 Å². The smallest absolute Gasteiger partial charge is 0.138 e. The van der Waals surface area contributed by atoms with Crippen LogP contribution in [-0.2, 0) is 5.75 Å². The van der Waals surface area contributed by atoms with Crippen molar-refractivity contribution < 1.29 is 4.74 Å². The number of thiol groups is 1. The van der Waals surface area contributed by atoms with Gasteiger partial charge in [-0.2, -0.15) is 12.6 Å². The van der Waals surface area contributed by atoms with E-state index in [1.165, 1.54) is 0 Å². The van der Waals surface area contributed by atoms with Crippen molar-refractivity contribution in [2.75, 3.05) is 6.61 Å². The van der Waals surface area contributed by atoms with Crippen molar-refractivity contribution >= 4 is 12.6 Å². The number of hydrogen-bond acceptors (Lipinski definition) is 4. The van der Waals surface area contributed by atoms with Crippen LogP contribution in [0.4, 0.5) is 0 Å². The Hall–Kier alpha value is -1.55. The van der Waals surface area contributed by atoms with Crippen LogP contribution in [0.3, 0.4) is 0 Å². The lowest BCUT2D eigenvalue weighted by Gasteiger charge is -2.05. The quantitative estimate of drug-likeness (QED) is 0.842. The van der Waals surface area contributed by atoms with E-state index < -0.39 is 0 Å². The van der Waals surface area contributed by atoms with Crippen LogP contribution in [-0.4, -0.2) is 16.6 Å². The molecule has 3 nitrogen and oxygen atoms in total. The summed E-state index contributed by atoms with van der Waals surface area (Å²) in [6.45, 7) is 2.65. The van der Waals surface area contributed by atoms with Crippen LogP contribution in [0.15, 0.2) is 36.5 Å². The summed E-state index contributed by atoms with van der Waals surface area (Å²) in [5, 5.41) is 0. The minimum absolute atomic E-state index is 0.546. The maximum atomic E-state index is 5.40. The minimum Gasteiger partial charge on any atom is -0.494 e. The molecule has 1 aromatic heterocycles. The van der Waals surface area contributed by atoms with E-state index in [2.05, 4.69) is 22.6 Å². The van der Waals surface area contributed by atoms with Gasteiger partial charge < -0.3 is 4.74 Å². The number of nitrogens with zero attached hydrogens (tertiary/aromatic N) is 2. The van der Waals surface area contributed by atoms with Crippen molar-refractivity contribution in [3.63, 3.8) is 0 Å². The van der Waals surface area contributed by atoms with E-state index in [1.807, 2.05) is 37.3 Å². The van der Waals surface area contributed by atoms with Crippen molar-refractivity contribution in [3.05, 3.63) is 42.4 Å². The van der Waals surface area contributed by atoms with Gasteiger partial charge in [0, 0.05) is 11.8 Å². The van der Waals surface area contributed by atoms with Gasteiger partial charge in [-0.3, -0.25) is 0 Å². The molecule has 0 spiro atoms. The lowest BCUT2D eigenvalue weighted by molar-refractivity contribution is 0.340. The molecule has 0 aliphatic heterocycles. The van der Waals surface area contributed by atoms with Gasteiger partial charge in [0.1, 0.15) is 11.6 Å². The maximum Gasteiger partial charge on any atom is 0.138 e. The number of benzene rings is 1. The first-order chi connectivity index (χ1) is 8.33. The fourth-order valence-corrected chi connectivity index (χ4v) is 1.68. The molecule has 0 saturated carbocycles. The van der Waals surface area contributed by atoms with Crippen molar-refractivity contribution in [3.8, 4) is 17.0 Å². The summed E-state index contributed by atoms with van der Waals surface area (Å²) in [6.07, 6.45) is 1.75. The van der Waals surface area contributed by atoms with Gasteiger partial charge in [0.15, 0.2) is 0 Å². The molecule has 2 aromatic rings. The monoisotopic (exact) mass is 246 g/mol. The van der Waals surface area contributed by atoms with Gasteiger partial charge in [-0.05, 0) is 37.3 Å². The highest BCUT2D eigenvalue weighted by molar-refractivity contribution is 7.79. The Labute approximate surface area is 106 Å². The second kappa shape index (κ2) is 5.68. The summed E-state index contributed by atoms with van der Waals surface area (Å²) in [5.41, 5.74) is 1.96. The fraction of sp³-hybridized carbons (Fsp3) is 0.231. The highest BCUT2D eigenvalue weighted by atomic mass is 32.1. The molecule has 0 amide bonds. The van der Waals surface area contributed by atoms with Crippen molar-refractivity contribution in [2.45, 2.75) is 12.7 Å². The lowest BCUT2D eigenvalue weighted by atomic mass is 10.1. The summed E-state index contributed by atoms with van der Waals surface area (Å²) in [5.74, 6) is 2.16. The van der Waals surface area contributed by atoms with Crippen molar-refractivity contribution in [1.82, 2.24) is 9.97 Å². The second-order valence-corrected chi connectivity index (χ2v) is 3.79. The molecule has 4 heteroatoms. The summed E-state index contributed by atoms with van der Waals surface area (Å²) >= 11 is 4.17. The van der Waals surface area contributed by atoms with Crippen LogP contribution in [0.1, 0.15) is 12.7 Å². The molecule has 17 heavy (non-hydrogen) atoms. The number of rotatable bonds is 4. The molecule has 2 rings (SSSR count). The molecule has 1 aromatic carbocycles. The normalized spacial score (nSPS) is 10.2. The zero-order chi connectivity index (χ0) is 12.1.